The Kier molecular flexibility index (Phi) is 7.92. The zero-order chi connectivity index (χ0) is 27.6. The third kappa shape index (κ3) is 5.75. The molecule has 7 nitrogen and oxygen atoms in total. The van der Waals surface area contributed by atoms with E-state index in [2.05, 4.69) is 29.0 Å². The Morgan fingerprint density at radius 1 is 1.29 bits per heavy atom. The van der Waals surface area contributed by atoms with Gasteiger partial charge in [0.2, 0.25) is 0 Å². The average Bonchev–Trinajstić information content (AvgIpc) is 2.99. The molecule has 0 spiro atoms. The largest absolute Gasteiger partial charge is 0.485 e. The lowest BCUT2D eigenvalue weighted by Gasteiger charge is -2.30. The van der Waals surface area contributed by atoms with Crippen LogP contribution in [0.4, 0.5) is 15.8 Å². The second-order valence-corrected chi connectivity index (χ2v) is 10.7. The van der Waals surface area contributed by atoms with Crippen LogP contribution in [0.25, 0.3) is 0 Å². The number of hydrogen-bond acceptors (Lipinski definition) is 6. The van der Waals surface area contributed by atoms with Crippen molar-refractivity contribution in [1.82, 2.24) is 9.88 Å². The first-order chi connectivity index (χ1) is 18.0. The number of nitrogens with one attached hydrogen (secondary N) is 1. The summed E-state index contributed by atoms with van der Waals surface area (Å²) in [6.07, 6.45) is 1.77. The summed E-state index contributed by atoms with van der Waals surface area (Å²) in [6, 6.07) is 13.1. The van der Waals surface area contributed by atoms with E-state index in [1.54, 1.807) is 25.3 Å². The second-order valence-electron chi connectivity index (χ2n) is 10.7. The lowest BCUT2D eigenvalue weighted by atomic mass is 9.80. The van der Waals surface area contributed by atoms with Gasteiger partial charge in [-0.25, -0.2) is 4.39 Å². The first kappa shape index (κ1) is 27.4. The number of ether oxygens (including phenoxy) is 1. The van der Waals surface area contributed by atoms with Gasteiger partial charge in [0.15, 0.2) is 5.82 Å². The van der Waals surface area contributed by atoms with Crippen molar-refractivity contribution < 1.29 is 19.0 Å². The number of aromatic nitrogens is 1. The third-order valence-electron chi connectivity index (χ3n) is 7.14. The second kappa shape index (κ2) is 11.0. The molecule has 3 aromatic rings. The Morgan fingerprint density at radius 3 is 2.76 bits per heavy atom. The summed E-state index contributed by atoms with van der Waals surface area (Å²) in [5.74, 6) is -2.38. The average molecular weight is 521 g/mol. The molecule has 38 heavy (non-hydrogen) atoms. The third-order valence-corrected chi connectivity index (χ3v) is 7.14. The minimum atomic E-state index is -1.00. The van der Waals surface area contributed by atoms with Crippen LogP contribution in [0, 0.1) is 18.7 Å². The lowest BCUT2D eigenvalue weighted by Crippen LogP contribution is -2.40. The smallest absolute Gasteiger partial charge is 0.307 e. The molecule has 1 aliphatic heterocycles. The quantitative estimate of drug-likeness (QED) is 0.334. The topological polar surface area (TPSA) is 101 Å². The van der Waals surface area contributed by atoms with Crippen LogP contribution in [0.3, 0.4) is 0 Å². The molecule has 2 unspecified atom stereocenters. The summed E-state index contributed by atoms with van der Waals surface area (Å²) in [5, 5.41) is 13.0. The Morgan fingerprint density at radius 2 is 2.05 bits per heavy atom. The predicted molar refractivity (Wildman–Crippen MR) is 148 cm³/mol. The van der Waals surface area contributed by atoms with Crippen molar-refractivity contribution in [2.45, 2.75) is 59.2 Å². The first-order valence-corrected chi connectivity index (χ1v) is 13.0. The minimum Gasteiger partial charge on any atom is -0.485 e. The number of aliphatic carboxylic acids is 1. The number of anilines is 2. The zero-order valence-electron chi connectivity index (χ0n) is 22.7. The van der Waals surface area contributed by atoms with E-state index >= 15 is 4.39 Å². The number of nitrogen functional groups attached to an aromatic ring is 1. The summed E-state index contributed by atoms with van der Waals surface area (Å²) < 4.78 is 21.8. The van der Waals surface area contributed by atoms with Gasteiger partial charge in [-0.15, -0.1) is 0 Å². The van der Waals surface area contributed by atoms with Crippen LogP contribution < -0.4 is 15.8 Å². The molecule has 0 fully saturated rings. The number of halogens is 1. The predicted octanol–water partition coefficient (Wildman–Crippen LogP) is 5.57. The van der Waals surface area contributed by atoms with Crippen molar-refractivity contribution in [3.63, 3.8) is 0 Å². The molecule has 4 N–H and O–H groups in total. The Hall–Kier alpha value is -3.65. The van der Waals surface area contributed by atoms with Crippen LogP contribution in [0.15, 0.2) is 48.7 Å². The van der Waals surface area contributed by atoms with Gasteiger partial charge in [-0.05, 0) is 68.1 Å². The lowest BCUT2D eigenvalue weighted by molar-refractivity contribution is -0.141. The van der Waals surface area contributed by atoms with Gasteiger partial charge in [-0.3, -0.25) is 14.7 Å². The highest BCUT2D eigenvalue weighted by Gasteiger charge is 2.32. The van der Waals surface area contributed by atoms with Gasteiger partial charge in [0.25, 0.3) is 0 Å². The minimum absolute atomic E-state index is 0.00256. The number of fused-ring (bicyclic) bond motifs is 1. The molecular formula is C30H37FN4O3. The van der Waals surface area contributed by atoms with E-state index in [1.807, 2.05) is 44.2 Å². The molecule has 4 rings (SSSR count). The molecule has 2 atom stereocenters. The highest BCUT2D eigenvalue weighted by Crippen LogP contribution is 2.38. The molecule has 0 amide bonds. The molecule has 1 aliphatic rings. The van der Waals surface area contributed by atoms with Gasteiger partial charge in [-0.2, -0.15) is 0 Å². The number of carboxylic acids is 1. The highest BCUT2D eigenvalue weighted by molar-refractivity contribution is 5.74. The zero-order valence-corrected chi connectivity index (χ0v) is 22.7. The van der Waals surface area contributed by atoms with E-state index in [4.69, 9.17) is 10.5 Å². The number of carboxylic acid groups (broad SMARTS) is 1. The van der Waals surface area contributed by atoms with Crippen LogP contribution in [0.5, 0.6) is 5.75 Å². The monoisotopic (exact) mass is 520 g/mol. The fourth-order valence-corrected chi connectivity index (χ4v) is 5.25. The first-order valence-electron chi connectivity index (χ1n) is 13.0. The molecule has 0 radical (unpaired) electrons. The summed E-state index contributed by atoms with van der Waals surface area (Å²) >= 11 is 0. The van der Waals surface area contributed by atoms with E-state index in [0.717, 1.165) is 28.1 Å². The van der Waals surface area contributed by atoms with Gasteiger partial charge in [0.1, 0.15) is 11.4 Å². The van der Waals surface area contributed by atoms with Crippen molar-refractivity contribution >= 4 is 17.3 Å². The molecule has 0 saturated heterocycles. The van der Waals surface area contributed by atoms with E-state index in [0.29, 0.717) is 31.9 Å². The molecule has 0 aliphatic carbocycles. The number of pyridine rings is 1. The maximum atomic E-state index is 15.6. The summed E-state index contributed by atoms with van der Waals surface area (Å²) in [6.45, 7) is 12.2. The molecular weight excluding hydrogens is 483 g/mol. The van der Waals surface area contributed by atoms with E-state index < -0.39 is 29.2 Å². The fraction of sp³-hybridized carbons (Fsp3) is 0.400. The van der Waals surface area contributed by atoms with E-state index in [-0.39, 0.29) is 11.3 Å². The highest BCUT2D eigenvalue weighted by atomic mass is 19.1. The normalized spacial score (nSPS) is 16.6. The van der Waals surface area contributed by atoms with Gasteiger partial charge in [-0.1, -0.05) is 31.2 Å². The summed E-state index contributed by atoms with van der Waals surface area (Å²) in [4.78, 5) is 19.0. The maximum absolute atomic E-state index is 15.6. The number of hydrogen-bond donors (Lipinski definition) is 3. The van der Waals surface area contributed by atoms with Crippen LogP contribution in [0.1, 0.15) is 61.6 Å². The molecule has 8 heteroatoms. The number of aryl methyl sites for hydroxylation is 1. The standard InChI is InChI=1S/C30H37FN4O3/c1-6-33-23-12-11-22(27(31)28(23)32)26(19(3)29(36)37)20-10-9-18(2)21(14-20)15-35-16-24-25(8-7-13-34-24)38-30(4,5)17-35/h7-14,19,26,33H,6,15-17,32H2,1-5H3,(H,36,37). The Bertz CT molecular complexity index is 1330. The molecule has 1 aromatic heterocycles. The number of carbonyl (C=O) groups is 1. The van der Waals surface area contributed by atoms with Crippen LogP contribution in [-0.2, 0) is 17.9 Å². The summed E-state index contributed by atoms with van der Waals surface area (Å²) in [7, 11) is 0. The van der Waals surface area contributed by atoms with E-state index in [9.17, 15) is 9.90 Å². The van der Waals surface area contributed by atoms with Gasteiger partial charge in [0, 0.05) is 38.3 Å². The molecule has 202 valence electrons. The van der Waals surface area contributed by atoms with Crippen LogP contribution in [0.2, 0.25) is 0 Å². The van der Waals surface area contributed by atoms with E-state index in [1.165, 1.54) is 0 Å². The van der Waals surface area contributed by atoms with Gasteiger partial charge >= 0.3 is 5.97 Å². The van der Waals surface area contributed by atoms with Crippen molar-refractivity contribution in [2.24, 2.45) is 5.92 Å². The van der Waals surface area contributed by atoms with Crippen molar-refractivity contribution in [3.05, 3.63) is 82.4 Å². The molecule has 2 aromatic carbocycles. The number of nitrogens with two attached hydrogens (primary N) is 1. The van der Waals surface area contributed by atoms with Crippen LogP contribution in [-0.4, -0.2) is 39.7 Å². The maximum Gasteiger partial charge on any atom is 0.307 e. The van der Waals surface area contributed by atoms with Crippen molar-refractivity contribution in [1.29, 1.82) is 0 Å². The fourth-order valence-electron chi connectivity index (χ4n) is 5.25. The summed E-state index contributed by atoms with van der Waals surface area (Å²) in [5.41, 5.74) is 10.2. The van der Waals surface area contributed by atoms with Crippen molar-refractivity contribution in [2.75, 3.05) is 24.1 Å². The molecule has 0 bridgehead atoms. The Labute approximate surface area is 223 Å². The number of rotatable bonds is 8. The van der Waals surface area contributed by atoms with Crippen LogP contribution >= 0.6 is 0 Å². The SMILES string of the molecule is CCNc1ccc(C(c2ccc(C)c(CN3Cc4ncccc4OC(C)(C)C3)c2)C(C)C(=O)O)c(F)c1N. The van der Waals surface area contributed by atoms with Gasteiger partial charge < -0.3 is 20.9 Å². The molecule has 0 saturated carbocycles. The van der Waals surface area contributed by atoms with Gasteiger partial charge in [0.05, 0.1) is 23.0 Å². The number of nitrogens with zero attached hydrogens (tertiary/aromatic N) is 2. The molecule has 2 heterocycles. The Balaban J connectivity index is 1.73. The van der Waals surface area contributed by atoms with Crippen molar-refractivity contribution in [3.8, 4) is 5.75 Å². The number of benzene rings is 2.